The maximum atomic E-state index is 15.0. The molecule has 3 aliphatic heterocycles. The zero-order valence-corrected chi connectivity index (χ0v) is 39.0. The lowest BCUT2D eigenvalue weighted by Crippen LogP contribution is -2.65. The molecule has 2 aromatic rings. The highest BCUT2D eigenvalue weighted by Gasteiger charge is 2.70. The number of nitrogens with one attached hydrogen (secondary N) is 2. The zero-order valence-electron chi connectivity index (χ0n) is 39.0. The summed E-state index contributed by atoms with van der Waals surface area (Å²) in [6, 6.07) is 12.9. The summed E-state index contributed by atoms with van der Waals surface area (Å²) in [5, 5.41) is 55.7. The number of aryl methyl sites for hydroxylation is 1. The van der Waals surface area contributed by atoms with Crippen LogP contribution in [0.4, 0.5) is 0 Å². The number of benzene rings is 2. The number of ether oxygens (including phenoxy) is 1. The van der Waals surface area contributed by atoms with Crippen molar-refractivity contribution >= 4 is 11.7 Å². The molecule has 1 spiro atoms. The second kappa shape index (κ2) is 20.8. The van der Waals surface area contributed by atoms with E-state index in [1.807, 2.05) is 55.5 Å². The van der Waals surface area contributed by atoms with E-state index in [9.17, 15) is 30.0 Å². The summed E-state index contributed by atoms with van der Waals surface area (Å²) in [5.41, 5.74) is 13.2. The number of amides is 1. The van der Waals surface area contributed by atoms with Gasteiger partial charge in [-0.1, -0.05) is 108 Å². The summed E-state index contributed by atoms with van der Waals surface area (Å²) in [7, 11) is 0. The average molecular weight is 898 g/mol. The number of hydrogen-bond acceptors (Lipinski definition) is 9. The number of aliphatic hydroxyl groups is 4. The van der Waals surface area contributed by atoms with Crippen LogP contribution in [0.3, 0.4) is 0 Å². The predicted molar refractivity (Wildman–Crippen MR) is 258 cm³/mol. The number of Topliss-reactive ketones (excluding diaryl/α,β-unsaturated/α-hetero) is 1. The van der Waals surface area contributed by atoms with Crippen molar-refractivity contribution in [2.24, 2.45) is 28.9 Å². The Labute approximate surface area is 391 Å². The number of hydrogen-bond donors (Lipinski definition) is 7. The zero-order chi connectivity index (χ0) is 46.6. The minimum atomic E-state index is -1.19. The van der Waals surface area contributed by atoms with Crippen LogP contribution < -0.4 is 16.4 Å². The van der Waals surface area contributed by atoms with Gasteiger partial charge in [-0.3, -0.25) is 14.9 Å². The lowest BCUT2D eigenvalue weighted by atomic mass is 9.45. The molecule has 6 aliphatic rings. The number of nitrogens with two attached hydrogens (primary N) is 1. The summed E-state index contributed by atoms with van der Waals surface area (Å²) < 4.78 is 6.24. The van der Waals surface area contributed by atoms with Crippen molar-refractivity contribution < 1.29 is 34.8 Å². The minimum Gasteiger partial charge on any atom is -0.393 e. The molecule has 10 atom stereocenters. The summed E-state index contributed by atoms with van der Waals surface area (Å²) in [4.78, 5) is 28.6. The maximum Gasteiger partial charge on any atom is 0.243 e. The van der Waals surface area contributed by atoms with Crippen LogP contribution in [0.1, 0.15) is 131 Å². The largest absolute Gasteiger partial charge is 0.393 e. The van der Waals surface area contributed by atoms with E-state index in [0.717, 1.165) is 59.1 Å². The molecule has 0 aromatic heterocycles. The van der Waals surface area contributed by atoms with Crippen LogP contribution >= 0.6 is 0 Å². The maximum absolute atomic E-state index is 15.0. The van der Waals surface area contributed by atoms with E-state index in [2.05, 4.69) is 54.2 Å². The highest BCUT2D eigenvalue weighted by molar-refractivity contribution is 5.98. The van der Waals surface area contributed by atoms with E-state index in [0.29, 0.717) is 80.9 Å². The molecule has 8 rings (SSSR count). The number of allylic oxidation sites excluding steroid dienone is 8. The Balaban J connectivity index is 1.21. The summed E-state index contributed by atoms with van der Waals surface area (Å²) in [6.45, 7) is 8.99. The molecule has 2 bridgehead atoms. The molecule has 1 amide bonds. The summed E-state index contributed by atoms with van der Waals surface area (Å²) >= 11 is 0. The van der Waals surface area contributed by atoms with Gasteiger partial charge in [0.1, 0.15) is 18.8 Å². The van der Waals surface area contributed by atoms with Crippen molar-refractivity contribution in [2.45, 2.75) is 146 Å². The van der Waals surface area contributed by atoms with Crippen LogP contribution in [0.2, 0.25) is 0 Å². The van der Waals surface area contributed by atoms with Crippen molar-refractivity contribution in [1.29, 1.82) is 0 Å². The number of carbonyl (C=O) groups excluding carboxylic acids is 2. The second-order valence-corrected chi connectivity index (χ2v) is 20.2. The molecule has 10 nitrogen and oxygen atoms in total. The molecule has 3 heterocycles. The van der Waals surface area contributed by atoms with Gasteiger partial charge in [0.2, 0.25) is 5.91 Å². The highest BCUT2D eigenvalue weighted by Crippen LogP contribution is 2.69. The van der Waals surface area contributed by atoms with E-state index in [1.54, 1.807) is 0 Å². The Morgan fingerprint density at radius 2 is 1.76 bits per heavy atom. The topological polar surface area (TPSA) is 174 Å². The van der Waals surface area contributed by atoms with Crippen LogP contribution in [0.15, 0.2) is 101 Å². The van der Waals surface area contributed by atoms with Gasteiger partial charge in [0.25, 0.3) is 0 Å². The van der Waals surface area contributed by atoms with Gasteiger partial charge >= 0.3 is 0 Å². The molecular formula is C56H71N3O7. The Kier molecular flexibility index (Phi) is 15.2. The minimum absolute atomic E-state index is 0.0233. The van der Waals surface area contributed by atoms with Crippen LogP contribution in [-0.2, 0) is 33.6 Å². The van der Waals surface area contributed by atoms with Crippen molar-refractivity contribution in [3.05, 3.63) is 129 Å². The molecule has 8 N–H and O–H groups in total. The molecule has 0 saturated heterocycles. The van der Waals surface area contributed by atoms with E-state index in [1.165, 1.54) is 5.57 Å². The first-order valence-electron chi connectivity index (χ1n) is 24.5. The average Bonchev–Trinajstić information content (AvgIpc) is 3.58. The van der Waals surface area contributed by atoms with E-state index in [4.69, 9.17) is 10.5 Å². The summed E-state index contributed by atoms with van der Waals surface area (Å²) in [5.74, 6) is 5.25. The molecule has 3 saturated carbocycles. The van der Waals surface area contributed by atoms with Crippen molar-refractivity contribution in [1.82, 2.24) is 10.6 Å². The number of ketones is 1. The van der Waals surface area contributed by atoms with Gasteiger partial charge in [-0.25, -0.2) is 0 Å². The molecule has 0 radical (unpaired) electrons. The fourth-order valence-corrected chi connectivity index (χ4v) is 12.8. The van der Waals surface area contributed by atoms with Crippen molar-refractivity contribution in [3.63, 3.8) is 0 Å². The third-order valence-corrected chi connectivity index (χ3v) is 16.1. The van der Waals surface area contributed by atoms with Gasteiger partial charge in [0, 0.05) is 30.7 Å². The summed E-state index contributed by atoms with van der Waals surface area (Å²) in [6.07, 6.45) is 13.8. The second-order valence-electron chi connectivity index (χ2n) is 20.2. The van der Waals surface area contributed by atoms with Crippen molar-refractivity contribution in [3.8, 4) is 11.8 Å². The van der Waals surface area contributed by atoms with Gasteiger partial charge in [-0.05, 0) is 142 Å². The molecule has 3 fully saturated rings. The highest BCUT2D eigenvalue weighted by atomic mass is 16.5. The smallest absolute Gasteiger partial charge is 0.243 e. The standard InChI is InChI=1S/C56H71N3O7/c1-35-11-4-5-28-66-34-41(18-7-14-36(2)13-6-12-35)47-32-42-19-10-26-55(65)27-25-45-37(3)49(62)31-40-17-9-20-46-50(40)51(54(64)59-53(46)57)58-33-44(61)22-21-38-15-8-16-39(29-38)30-43(60)23-24-48(45)56(42,55)52(47)63/h7-9,12,14-18,20,29,42-44,47-48,51-53,58,60-61,63,65H,2,6,10-11,13,19,21-28,30-34,57H2,1,3H3,(H,59,64). The van der Waals surface area contributed by atoms with Crippen LogP contribution in [0, 0.1) is 35.0 Å². The number of fused-ring (bicyclic) bond motifs is 3. The fraction of sp³-hybridized carbons (Fsp3) is 0.536. The molecule has 66 heavy (non-hydrogen) atoms. The van der Waals surface area contributed by atoms with Crippen LogP contribution in [0.25, 0.3) is 0 Å². The Morgan fingerprint density at radius 1 is 0.939 bits per heavy atom. The van der Waals surface area contributed by atoms with E-state index in [-0.39, 0.29) is 49.7 Å². The lowest BCUT2D eigenvalue weighted by Gasteiger charge is -2.61. The quantitative estimate of drug-likeness (QED) is 0.117. The van der Waals surface area contributed by atoms with Gasteiger partial charge < -0.3 is 36.2 Å². The Hall–Kier alpha value is -4.44. The van der Waals surface area contributed by atoms with Crippen LogP contribution in [0.5, 0.6) is 0 Å². The number of aliphatic hydroxyl groups excluding tert-OH is 3. The predicted octanol–water partition coefficient (Wildman–Crippen LogP) is 7.02. The molecule has 2 aromatic carbocycles. The van der Waals surface area contributed by atoms with Crippen molar-refractivity contribution in [2.75, 3.05) is 19.8 Å². The Bertz CT molecular complexity index is 2350. The third kappa shape index (κ3) is 9.91. The van der Waals surface area contributed by atoms with Crippen LogP contribution in [-0.4, -0.2) is 75.8 Å². The first kappa shape index (κ1) is 48.0. The molecular weight excluding hydrogens is 827 g/mol. The molecule has 10 heteroatoms. The number of rotatable bonds is 1. The normalized spacial score (nSPS) is 34.1. The monoisotopic (exact) mass is 898 g/mol. The van der Waals surface area contributed by atoms with Gasteiger partial charge in [0.05, 0.1) is 30.5 Å². The van der Waals surface area contributed by atoms with Gasteiger partial charge in [-0.15, -0.1) is 0 Å². The number of β-amino-alcohol motifs (C(OH)–C–C–N with tert-alkyl or cyclic N) is 1. The SMILES string of the molecule is C=C1C=CC=C(C2CC3CCCC4(O)CCC5=C(C)C(=O)Cc6cccc7c6C(NCC(O)CCc6cccc(c6)CC(O)CCC5C34C2O)C(=O)NC7N)COCC#CCC(C)=CCC1. The van der Waals surface area contributed by atoms with E-state index < -0.39 is 47.5 Å². The Morgan fingerprint density at radius 3 is 2.61 bits per heavy atom. The third-order valence-electron chi connectivity index (χ3n) is 16.1. The van der Waals surface area contributed by atoms with Gasteiger partial charge in [-0.2, -0.15) is 0 Å². The van der Waals surface area contributed by atoms with Gasteiger partial charge in [0.15, 0.2) is 5.78 Å². The first-order valence-corrected chi connectivity index (χ1v) is 24.5. The van der Waals surface area contributed by atoms with E-state index >= 15 is 0 Å². The fourth-order valence-electron chi connectivity index (χ4n) is 12.8. The lowest BCUT2D eigenvalue weighted by molar-refractivity contribution is -0.216. The first-order chi connectivity index (χ1) is 31.8. The molecule has 10 unspecified atom stereocenters. The number of carbonyl (C=O) groups is 2. The molecule has 352 valence electrons. The molecule has 3 aliphatic carbocycles.